The van der Waals surface area contributed by atoms with Gasteiger partial charge in [0, 0.05) is 17.6 Å². The van der Waals surface area contributed by atoms with Crippen molar-refractivity contribution in [2.45, 2.75) is 57.1 Å². The normalized spacial score (nSPS) is 20.0. The van der Waals surface area contributed by atoms with E-state index in [0.29, 0.717) is 17.1 Å². The van der Waals surface area contributed by atoms with Crippen LogP contribution in [-0.4, -0.2) is 17.3 Å². The van der Waals surface area contributed by atoms with Crippen LogP contribution in [0.15, 0.2) is 12.1 Å². The van der Waals surface area contributed by atoms with Gasteiger partial charge in [0.2, 0.25) is 0 Å². The second-order valence-corrected chi connectivity index (χ2v) is 6.84. The van der Waals surface area contributed by atoms with Gasteiger partial charge in [-0.3, -0.25) is 0 Å². The molecule has 2 nitrogen and oxygen atoms in total. The van der Waals surface area contributed by atoms with E-state index in [-0.39, 0.29) is 11.1 Å². The molecule has 0 spiro atoms. The van der Waals surface area contributed by atoms with Gasteiger partial charge in [-0.05, 0) is 37.5 Å². The first-order valence-corrected chi connectivity index (χ1v) is 8.27. The van der Waals surface area contributed by atoms with Crippen LogP contribution in [0.5, 0.6) is 0 Å². The number of benzene rings is 1. The molecule has 0 radical (unpaired) electrons. The fraction of sp³-hybridized carbons (Fsp3) is 0.625. The number of halogens is 3. The molecule has 2 N–H and O–H groups in total. The third kappa shape index (κ3) is 4.56. The van der Waals surface area contributed by atoms with E-state index in [9.17, 15) is 9.50 Å². The Balaban J connectivity index is 2.01. The van der Waals surface area contributed by atoms with Crippen LogP contribution in [0.25, 0.3) is 0 Å². The Morgan fingerprint density at radius 3 is 2.43 bits per heavy atom. The average Bonchev–Trinajstić information content (AvgIpc) is 2.66. The van der Waals surface area contributed by atoms with Crippen molar-refractivity contribution in [1.29, 1.82) is 0 Å². The average molecular weight is 334 g/mol. The van der Waals surface area contributed by atoms with Gasteiger partial charge in [0.15, 0.2) is 0 Å². The minimum atomic E-state index is -0.664. The monoisotopic (exact) mass is 333 g/mol. The van der Waals surface area contributed by atoms with Gasteiger partial charge in [-0.2, -0.15) is 0 Å². The first kappa shape index (κ1) is 17.0. The molecule has 5 heteroatoms. The highest BCUT2D eigenvalue weighted by atomic mass is 35.5. The molecule has 1 aromatic rings. The van der Waals surface area contributed by atoms with E-state index in [0.717, 1.165) is 25.7 Å². The summed E-state index contributed by atoms with van der Waals surface area (Å²) in [5.74, 6) is -0.474. The fourth-order valence-electron chi connectivity index (χ4n) is 2.89. The molecule has 0 aromatic heterocycles. The summed E-state index contributed by atoms with van der Waals surface area (Å²) in [6.45, 7) is 2.41. The van der Waals surface area contributed by atoms with Crippen LogP contribution in [0.4, 0.5) is 4.39 Å². The lowest BCUT2D eigenvalue weighted by Crippen LogP contribution is -2.41. The largest absolute Gasteiger partial charge is 0.389 e. The predicted octanol–water partition coefficient (Wildman–Crippen LogP) is 4.87. The van der Waals surface area contributed by atoms with Crippen molar-refractivity contribution < 1.29 is 9.50 Å². The molecule has 1 aliphatic rings. The summed E-state index contributed by atoms with van der Waals surface area (Å²) in [5.41, 5.74) is -0.00171. The van der Waals surface area contributed by atoms with Crippen molar-refractivity contribution in [1.82, 2.24) is 5.32 Å². The van der Waals surface area contributed by atoms with E-state index in [2.05, 4.69) is 5.32 Å². The molecular formula is C16H22Cl2FNO. The molecule has 21 heavy (non-hydrogen) atoms. The summed E-state index contributed by atoms with van der Waals surface area (Å²) in [5, 5.41) is 14.4. The Kier molecular flexibility index (Phi) is 5.89. The van der Waals surface area contributed by atoms with Crippen LogP contribution < -0.4 is 5.32 Å². The van der Waals surface area contributed by atoms with E-state index in [1.807, 2.05) is 6.92 Å². The number of rotatable bonds is 4. The van der Waals surface area contributed by atoms with Crippen molar-refractivity contribution in [3.8, 4) is 0 Å². The Morgan fingerprint density at radius 1 is 1.19 bits per heavy atom. The van der Waals surface area contributed by atoms with Crippen LogP contribution in [-0.2, 0) is 0 Å². The lowest BCUT2D eigenvalue weighted by Gasteiger charge is -2.29. The quantitative estimate of drug-likeness (QED) is 0.608. The standard InChI is InChI=1S/C16H22Cl2FNO/c1-11(12-8-15(19)14(18)9-13(12)17)20-10-16(21)6-4-2-3-5-7-16/h8-9,11,20-21H,2-7,10H2,1H3. The van der Waals surface area contributed by atoms with Gasteiger partial charge in [0.1, 0.15) is 5.82 Å². The SMILES string of the molecule is CC(NCC1(O)CCCCCC1)c1cc(F)c(Cl)cc1Cl. The molecule has 0 saturated heterocycles. The van der Waals surface area contributed by atoms with Crippen molar-refractivity contribution in [2.24, 2.45) is 0 Å². The number of hydrogen-bond acceptors (Lipinski definition) is 2. The molecule has 1 saturated carbocycles. The number of aliphatic hydroxyl groups is 1. The highest BCUT2D eigenvalue weighted by molar-refractivity contribution is 6.35. The van der Waals surface area contributed by atoms with Gasteiger partial charge in [-0.15, -0.1) is 0 Å². The van der Waals surface area contributed by atoms with Gasteiger partial charge in [0.05, 0.1) is 10.6 Å². The molecular weight excluding hydrogens is 312 g/mol. The molecule has 118 valence electrons. The van der Waals surface area contributed by atoms with Crippen molar-refractivity contribution in [3.05, 3.63) is 33.6 Å². The second-order valence-electron chi connectivity index (χ2n) is 6.03. The Hall–Kier alpha value is -0.350. The molecule has 1 atom stereocenters. The Morgan fingerprint density at radius 2 is 1.81 bits per heavy atom. The summed E-state index contributed by atoms with van der Waals surface area (Å²) in [6.07, 6.45) is 6.12. The molecule has 0 aliphatic heterocycles. The molecule has 1 fully saturated rings. The minimum absolute atomic E-state index is 0.0262. The van der Waals surface area contributed by atoms with Crippen LogP contribution in [0.3, 0.4) is 0 Å². The third-order valence-corrected chi connectivity index (χ3v) is 4.89. The topological polar surface area (TPSA) is 32.3 Å². The van der Waals surface area contributed by atoms with Crippen LogP contribution in [0.1, 0.15) is 57.1 Å². The van der Waals surface area contributed by atoms with Gasteiger partial charge >= 0.3 is 0 Å². The van der Waals surface area contributed by atoms with Crippen LogP contribution in [0.2, 0.25) is 10.0 Å². The Labute approximate surface area is 135 Å². The van der Waals surface area contributed by atoms with Crippen LogP contribution in [0, 0.1) is 5.82 Å². The highest BCUT2D eigenvalue weighted by Gasteiger charge is 2.28. The minimum Gasteiger partial charge on any atom is -0.389 e. The van der Waals surface area contributed by atoms with Crippen molar-refractivity contribution in [2.75, 3.05) is 6.54 Å². The van der Waals surface area contributed by atoms with Crippen molar-refractivity contribution >= 4 is 23.2 Å². The van der Waals surface area contributed by atoms with E-state index in [4.69, 9.17) is 23.2 Å². The lowest BCUT2D eigenvalue weighted by molar-refractivity contribution is 0.0231. The maximum atomic E-state index is 13.6. The summed E-state index contributed by atoms with van der Waals surface area (Å²) < 4.78 is 13.6. The van der Waals surface area contributed by atoms with E-state index < -0.39 is 11.4 Å². The Bertz CT molecular complexity index is 487. The molecule has 0 amide bonds. The highest BCUT2D eigenvalue weighted by Crippen LogP contribution is 2.30. The summed E-state index contributed by atoms with van der Waals surface area (Å²) in [7, 11) is 0. The molecule has 1 unspecified atom stereocenters. The van der Waals surface area contributed by atoms with E-state index in [1.54, 1.807) is 0 Å². The molecule has 2 rings (SSSR count). The zero-order valence-corrected chi connectivity index (χ0v) is 13.8. The van der Waals surface area contributed by atoms with Gasteiger partial charge < -0.3 is 10.4 Å². The van der Waals surface area contributed by atoms with Gasteiger partial charge in [-0.1, -0.05) is 48.9 Å². The van der Waals surface area contributed by atoms with Crippen LogP contribution >= 0.6 is 23.2 Å². The number of nitrogens with one attached hydrogen (secondary N) is 1. The van der Waals surface area contributed by atoms with E-state index >= 15 is 0 Å². The summed E-state index contributed by atoms with van der Waals surface area (Å²) in [4.78, 5) is 0. The maximum absolute atomic E-state index is 13.6. The van der Waals surface area contributed by atoms with Gasteiger partial charge in [0.25, 0.3) is 0 Å². The smallest absolute Gasteiger partial charge is 0.142 e. The summed E-state index contributed by atoms with van der Waals surface area (Å²) in [6, 6.07) is 2.64. The number of hydrogen-bond donors (Lipinski definition) is 2. The van der Waals surface area contributed by atoms with Gasteiger partial charge in [-0.25, -0.2) is 4.39 Å². The zero-order chi connectivity index (χ0) is 15.5. The zero-order valence-electron chi connectivity index (χ0n) is 12.3. The third-order valence-electron chi connectivity index (χ3n) is 4.28. The maximum Gasteiger partial charge on any atom is 0.142 e. The molecule has 1 aliphatic carbocycles. The molecule has 0 bridgehead atoms. The summed E-state index contributed by atoms with van der Waals surface area (Å²) >= 11 is 11.8. The first-order valence-electron chi connectivity index (χ1n) is 7.51. The second kappa shape index (κ2) is 7.28. The van der Waals surface area contributed by atoms with E-state index in [1.165, 1.54) is 25.0 Å². The first-order chi connectivity index (χ1) is 9.91. The van der Waals surface area contributed by atoms with Crippen molar-refractivity contribution in [3.63, 3.8) is 0 Å². The fourth-order valence-corrected chi connectivity index (χ4v) is 3.43. The molecule has 1 aromatic carbocycles. The molecule has 0 heterocycles. The lowest BCUT2D eigenvalue weighted by atomic mass is 9.94. The predicted molar refractivity (Wildman–Crippen MR) is 85.5 cm³/mol.